The second-order valence-electron chi connectivity index (χ2n) is 8.29. The number of hydrogen-bond acceptors (Lipinski definition) is 6. The van der Waals surface area contributed by atoms with Crippen LogP contribution in [0.1, 0.15) is 22.3 Å². The van der Waals surface area contributed by atoms with Gasteiger partial charge >= 0.3 is 0 Å². The molecular weight excluding hydrogens is 460 g/mol. The lowest BCUT2D eigenvalue weighted by atomic mass is 10.1. The molecule has 36 heavy (non-hydrogen) atoms. The summed E-state index contributed by atoms with van der Waals surface area (Å²) in [5.41, 5.74) is 1.80. The van der Waals surface area contributed by atoms with Gasteiger partial charge in [-0.05, 0) is 60.5 Å². The lowest BCUT2D eigenvalue weighted by Crippen LogP contribution is -2.46. The highest BCUT2D eigenvalue weighted by molar-refractivity contribution is 6.23. The van der Waals surface area contributed by atoms with Crippen LogP contribution in [-0.2, 0) is 16.0 Å². The van der Waals surface area contributed by atoms with Crippen LogP contribution in [0.5, 0.6) is 17.2 Å². The van der Waals surface area contributed by atoms with Crippen LogP contribution < -0.4 is 19.1 Å². The third-order valence-electron chi connectivity index (χ3n) is 6.20. The van der Waals surface area contributed by atoms with Crippen LogP contribution in [0.15, 0.2) is 72.8 Å². The van der Waals surface area contributed by atoms with Gasteiger partial charge < -0.3 is 19.1 Å². The smallest absolute Gasteiger partial charge is 0.257 e. The van der Waals surface area contributed by atoms with Gasteiger partial charge in [0.1, 0.15) is 11.8 Å². The Morgan fingerprint density at radius 3 is 2.22 bits per heavy atom. The van der Waals surface area contributed by atoms with E-state index in [9.17, 15) is 14.4 Å². The predicted molar refractivity (Wildman–Crippen MR) is 135 cm³/mol. The number of para-hydroxylation sites is 1. The summed E-state index contributed by atoms with van der Waals surface area (Å²) in [4.78, 5) is 42.6. The molecule has 1 saturated heterocycles. The normalized spacial score (nSPS) is 15.1. The number of rotatable bonds is 9. The summed E-state index contributed by atoms with van der Waals surface area (Å²) in [5, 5.41) is 0. The summed E-state index contributed by atoms with van der Waals surface area (Å²) in [5.74, 6) is 0.702. The molecule has 4 rings (SSSR count). The Kier molecular flexibility index (Phi) is 7.53. The molecule has 3 aromatic rings. The van der Waals surface area contributed by atoms with Crippen molar-refractivity contribution in [2.24, 2.45) is 0 Å². The number of benzene rings is 3. The van der Waals surface area contributed by atoms with Crippen molar-refractivity contribution in [3.05, 3.63) is 83.9 Å². The maximum Gasteiger partial charge on any atom is 0.257 e. The number of hydrogen-bond donors (Lipinski definition) is 0. The molecule has 0 aromatic heterocycles. The molecule has 0 saturated carbocycles. The van der Waals surface area contributed by atoms with Gasteiger partial charge in [0.2, 0.25) is 5.91 Å². The Hall–Kier alpha value is -4.33. The maximum atomic E-state index is 13.6. The first-order chi connectivity index (χ1) is 17.5. The predicted octanol–water partition coefficient (Wildman–Crippen LogP) is 3.73. The van der Waals surface area contributed by atoms with Gasteiger partial charge in [-0.3, -0.25) is 14.4 Å². The van der Waals surface area contributed by atoms with Crippen LogP contribution in [0.25, 0.3) is 0 Å². The molecule has 1 heterocycles. The minimum atomic E-state index is -0.910. The summed E-state index contributed by atoms with van der Waals surface area (Å²) in [6.45, 7) is 0.229. The standard InChI is InChI=1S/C28H28N2O6/c1-34-22-12-10-20(11-13-22)27(32)29(16-15-19-9-14-24(35-2)25(17-19)36-3)23-18-26(31)30(28(23)33)21-7-5-4-6-8-21/h4-14,17,23H,15-16,18H2,1-3H3. The molecule has 1 atom stereocenters. The molecule has 1 aliphatic heterocycles. The first-order valence-corrected chi connectivity index (χ1v) is 11.5. The molecular formula is C28H28N2O6. The minimum Gasteiger partial charge on any atom is -0.497 e. The quantitative estimate of drug-likeness (QED) is 0.427. The Morgan fingerprint density at radius 2 is 1.58 bits per heavy atom. The average molecular weight is 489 g/mol. The molecule has 8 nitrogen and oxygen atoms in total. The minimum absolute atomic E-state index is 0.0818. The fourth-order valence-electron chi connectivity index (χ4n) is 4.29. The summed E-state index contributed by atoms with van der Waals surface area (Å²) in [7, 11) is 4.67. The number of carbonyl (C=O) groups excluding carboxylic acids is 3. The number of nitrogens with zero attached hydrogens (tertiary/aromatic N) is 2. The van der Waals surface area contributed by atoms with Crippen molar-refractivity contribution in [2.75, 3.05) is 32.8 Å². The summed E-state index contributed by atoms with van der Waals surface area (Å²) in [6, 6.07) is 20.1. The molecule has 1 aliphatic rings. The Balaban J connectivity index is 1.63. The van der Waals surface area contributed by atoms with E-state index >= 15 is 0 Å². The molecule has 186 valence electrons. The van der Waals surface area contributed by atoms with Gasteiger partial charge in [-0.1, -0.05) is 24.3 Å². The van der Waals surface area contributed by atoms with Gasteiger partial charge in [0, 0.05) is 12.1 Å². The summed E-state index contributed by atoms with van der Waals surface area (Å²) < 4.78 is 15.9. The number of imide groups is 1. The van der Waals surface area contributed by atoms with E-state index < -0.39 is 11.9 Å². The first kappa shape index (κ1) is 24.8. The van der Waals surface area contributed by atoms with Crippen molar-refractivity contribution in [3.63, 3.8) is 0 Å². The van der Waals surface area contributed by atoms with Crippen LogP contribution in [0.4, 0.5) is 5.69 Å². The zero-order valence-electron chi connectivity index (χ0n) is 20.5. The van der Waals surface area contributed by atoms with E-state index in [1.807, 2.05) is 18.2 Å². The van der Waals surface area contributed by atoms with E-state index in [-0.39, 0.29) is 24.8 Å². The molecule has 3 amide bonds. The molecule has 0 radical (unpaired) electrons. The van der Waals surface area contributed by atoms with Crippen LogP contribution >= 0.6 is 0 Å². The highest BCUT2D eigenvalue weighted by Gasteiger charge is 2.44. The number of methoxy groups -OCH3 is 3. The van der Waals surface area contributed by atoms with Crippen LogP contribution in [-0.4, -0.2) is 56.5 Å². The van der Waals surface area contributed by atoms with Gasteiger partial charge in [-0.25, -0.2) is 4.90 Å². The van der Waals surface area contributed by atoms with Crippen LogP contribution in [0, 0.1) is 0 Å². The monoisotopic (exact) mass is 488 g/mol. The highest BCUT2D eigenvalue weighted by Crippen LogP contribution is 2.29. The SMILES string of the molecule is COc1ccc(C(=O)N(CCc2ccc(OC)c(OC)c2)C2CC(=O)N(c3ccccc3)C2=O)cc1. The zero-order valence-corrected chi connectivity index (χ0v) is 20.5. The first-order valence-electron chi connectivity index (χ1n) is 11.5. The number of ether oxygens (including phenoxy) is 3. The van der Waals surface area contributed by atoms with Crippen molar-refractivity contribution in [2.45, 2.75) is 18.9 Å². The topological polar surface area (TPSA) is 85.4 Å². The molecule has 0 bridgehead atoms. The number of anilines is 1. The van der Waals surface area contributed by atoms with E-state index in [4.69, 9.17) is 14.2 Å². The van der Waals surface area contributed by atoms with E-state index in [0.29, 0.717) is 34.9 Å². The van der Waals surface area contributed by atoms with Crippen LogP contribution in [0.2, 0.25) is 0 Å². The lowest BCUT2D eigenvalue weighted by Gasteiger charge is -2.28. The fourth-order valence-corrected chi connectivity index (χ4v) is 4.29. The third-order valence-corrected chi connectivity index (χ3v) is 6.20. The summed E-state index contributed by atoms with van der Waals surface area (Å²) in [6.07, 6.45) is 0.368. The molecule has 0 aliphatic carbocycles. The van der Waals surface area contributed by atoms with E-state index in [0.717, 1.165) is 10.5 Å². The molecule has 1 unspecified atom stereocenters. The highest BCUT2D eigenvalue weighted by atomic mass is 16.5. The molecule has 0 N–H and O–H groups in total. The van der Waals surface area contributed by atoms with E-state index in [1.165, 1.54) is 4.90 Å². The molecule has 3 aromatic carbocycles. The number of amides is 3. The summed E-state index contributed by atoms with van der Waals surface area (Å²) >= 11 is 0. The third kappa shape index (κ3) is 5.02. The van der Waals surface area contributed by atoms with Crippen molar-refractivity contribution in [3.8, 4) is 17.2 Å². The lowest BCUT2D eigenvalue weighted by molar-refractivity contribution is -0.122. The molecule has 1 fully saturated rings. The van der Waals surface area contributed by atoms with Crippen molar-refractivity contribution < 1.29 is 28.6 Å². The van der Waals surface area contributed by atoms with Crippen molar-refractivity contribution >= 4 is 23.4 Å². The average Bonchev–Trinajstić information content (AvgIpc) is 3.22. The molecule has 8 heteroatoms. The largest absolute Gasteiger partial charge is 0.497 e. The number of carbonyl (C=O) groups is 3. The molecule has 0 spiro atoms. The van der Waals surface area contributed by atoms with Gasteiger partial charge in [-0.2, -0.15) is 0 Å². The Bertz CT molecular complexity index is 1240. The zero-order chi connectivity index (χ0) is 25.7. The second-order valence-corrected chi connectivity index (χ2v) is 8.29. The van der Waals surface area contributed by atoms with Gasteiger partial charge in [0.15, 0.2) is 11.5 Å². The van der Waals surface area contributed by atoms with Crippen molar-refractivity contribution in [1.82, 2.24) is 4.90 Å². The Morgan fingerprint density at radius 1 is 0.889 bits per heavy atom. The fraction of sp³-hybridized carbons (Fsp3) is 0.250. The van der Waals surface area contributed by atoms with E-state index in [2.05, 4.69) is 0 Å². The van der Waals surface area contributed by atoms with Gasteiger partial charge in [0.25, 0.3) is 11.8 Å². The van der Waals surface area contributed by atoms with Gasteiger partial charge in [-0.15, -0.1) is 0 Å². The second kappa shape index (κ2) is 10.9. The maximum absolute atomic E-state index is 13.6. The van der Waals surface area contributed by atoms with E-state index in [1.54, 1.807) is 75.9 Å². The van der Waals surface area contributed by atoms with Crippen molar-refractivity contribution in [1.29, 1.82) is 0 Å². The Labute approximate surface area is 210 Å². The van der Waals surface area contributed by atoms with Crippen LogP contribution in [0.3, 0.4) is 0 Å². The van der Waals surface area contributed by atoms with Gasteiger partial charge in [0.05, 0.1) is 33.4 Å².